The van der Waals surface area contributed by atoms with Crippen LogP contribution in [0.4, 0.5) is 11.8 Å². The fraction of sp³-hybridized carbons (Fsp3) is 0.519. The number of hydrogen-bond acceptors (Lipinski definition) is 8. The number of nitrogens with zero attached hydrogens (tertiary/aromatic N) is 6. The van der Waals surface area contributed by atoms with Gasteiger partial charge in [-0.3, -0.25) is 9.59 Å². The Hall–Kier alpha value is -3.89. The highest BCUT2D eigenvalue weighted by molar-refractivity contribution is 5.84. The van der Waals surface area contributed by atoms with E-state index < -0.39 is 0 Å². The van der Waals surface area contributed by atoms with Gasteiger partial charge in [-0.25, -0.2) is 4.98 Å². The quantitative estimate of drug-likeness (QED) is 0.330. The minimum Gasteiger partial charge on any atom is -0.497 e. The highest BCUT2D eigenvalue weighted by Gasteiger charge is 2.21. The first-order chi connectivity index (χ1) is 18.6. The lowest BCUT2D eigenvalue weighted by molar-refractivity contribution is -0.128. The van der Waals surface area contributed by atoms with E-state index in [0.717, 1.165) is 56.7 Å². The molecular formula is C27H36N8O3. The molecule has 0 atom stereocenters. The van der Waals surface area contributed by atoms with Crippen LogP contribution in [0.3, 0.4) is 0 Å². The van der Waals surface area contributed by atoms with Crippen molar-refractivity contribution in [2.45, 2.75) is 45.1 Å². The molecule has 2 fully saturated rings. The van der Waals surface area contributed by atoms with E-state index in [-0.39, 0.29) is 11.8 Å². The second kappa shape index (κ2) is 12.1. The predicted octanol–water partition coefficient (Wildman–Crippen LogP) is 2.54. The Labute approximate surface area is 222 Å². The summed E-state index contributed by atoms with van der Waals surface area (Å²) in [4.78, 5) is 41.9. The summed E-state index contributed by atoms with van der Waals surface area (Å²) in [5.74, 6) is 2.49. The van der Waals surface area contributed by atoms with Gasteiger partial charge < -0.3 is 29.7 Å². The maximum Gasteiger partial charge on any atom is 0.226 e. The van der Waals surface area contributed by atoms with E-state index in [1.165, 1.54) is 5.56 Å². The zero-order valence-corrected chi connectivity index (χ0v) is 22.0. The molecule has 2 aliphatic rings. The van der Waals surface area contributed by atoms with Crippen LogP contribution in [0.1, 0.15) is 37.7 Å². The molecule has 11 heteroatoms. The van der Waals surface area contributed by atoms with Gasteiger partial charge in [-0.2, -0.15) is 9.97 Å². The molecule has 2 aromatic heterocycles. The number of amides is 2. The normalized spacial score (nSPS) is 15.6. The lowest BCUT2D eigenvalue weighted by Gasteiger charge is -2.16. The van der Waals surface area contributed by atoms with Crippen molar-refractivity contribution in [3.63, 3.8) is 0 Å². The van der Waals surface area contributed by atoms with E-state index in [1.807, 2.05) is 26.5 Å². The predicted molar refractivity (Wildman–Crippen MR) is 145 cm³/mol. The maximum atomic E-state index is 12.1. The Morgan fingerprint density at radius 2 is 1.63 bits per heavy atom. The maximum absolute atomic E-state index is 12.1. The molecule has 1 aromatic carbocycles. The summed E-state index contributed by atoms with van der Waals surface area (Å²) in [7, 11) is 1.66. The standard InChI is InChI=1S/C27H36N8O3/c1-38-21-9-7-20(8-10-21)11-13-28-25-24-26(35(19-30-24)18-17-34-15-3-6-23(34)37)32-27(31-25)29-12-4-16-33-14-2-5-22(33)36/h7-10,19H,2-6,11-18H2,1H3,(H2,28,29,31,32). The zero-order valence-electron chi connectivity index (χ0n) is 22.0. The van der Waals surface area contributed by atoms with Crippen molar-refractivity contribution >= 4 is 34.7 Å². The Morgan fingerprint density at radius 3 is 2.32 bits per heavy atom. The molecule has 0 saturated carbocycles. The number of hydrogen-bond donors (Lipinski definition) is 2. The highest BCUT2D eigenvalue weighted by Crippen LogP contribution is 2.22. The molecule has 2 saturated heterocycles. The van der Waals surface area contributed by atoms with Crippen LogP contribution in [0.5, 0.6) is 5.75 Å². The van der Waals surface area contributed by atoms with Crippen LogP contribution in [0.2, 0.25) is 0 Å². The molecule has 5 rings (SSSR count). The van der Waals surface area contributed by atoms with Crippen molar-refractivity contribution in [2.24, 2.45) is 0 Å². The number of aromatic nitrogens is 4. The van der Waals surface area contributed by atoms with Crippen LogP contribution in [0.15, 0.2) is 30.6 Å². The van der Waals surface area contributed by atoms with Crippen LogP contribution >= 0.6 is 0 Å². The number of carbonyl (C=O) groups excluding carboxylic acids is 2. The largest absolute Gasteiger partial charge is 0.497 e. The number of fused-ring (bicyclic) bond motifs is 1. The molecule has 2 aliphatic heterocycles. The number of rotatable bonds is 13. The van der Waals surface area contributed by atoms with Crippen LogP contribution in [-0.2, 0) is 22.6 Å². The lowest BCUT2D eigenvalue weighted by Crippen LogP contribution is -2.28. The number of methoxy groups -OCH3 is 1. The van der Waals surface area contributed by atoms with Gasteiger partial charge in [0.05, 0.1) is 13.4 Å². The van der Waals surface area contributed by atoms with Crippen molar-refractivity contribution in [3.05, 3.63) is 36.2 Å². The van der Waals surface area contributed by atoms with Crippen molar-refractivity contribution in [2.75, 3.05) is 57.0 Å². The number of benzene rings is 1. The fourth-order valence-electron chi connectivity index (χ4n) is 5.01. The van der Waals surface area contributed by atoms with Crippen molar-refractivity contribution in [3.8, 4) is 5.75 Å². The molecule has 2 amide bonds. The SMILES string of the molecule is COc1ccc(CCNc2nc(NCCCN3CCCC3=O)nc3c2ncn3CCN2CCCC2=O)cc1. The third kappa shape index (κ3) is 6.15. The summed E-state index contributed by atoms with van der Waals surface area (Å²) in [6.45, 7) is 5.01. The molecule has 0 aliphatic carbocycles. The molecule has 11 nitrogen and oxygen atoms in total. The summed E-state index contributed by atoms with van der Waals surface area (Å²) >= 11 is 0. The Bertz CT molecular complexity index is 1260. The number of nitrogens with one attached hydrogen (secondary N) is 2. The number of ether oxygens (including phenoxy) is 1. The summed E-state index contributed by atoms with van der Waals surface area (Å²) in [5, 5.41) is 6.79. The van der Waals surface area contributed by atoms with Gasteiger partial charge in [-0.15, -0.1) is 0 Å². The van der Waals surface area contributed by atoms with E-state index >= 15 is 0 Å². The number of carbonyl (C=O) groups is 2. The number of imidazole rings is 1. The first kappa shape index (κ1) is 25.7. The Morgan fingerprint density at radius 1 is 0.895 bits per heavy atom. The van der Waals surface area contributed by atoms with Crippen LogP contribution in [0, 0.1) is 0 Å². The lowest BCUT2D eigenvalue weighted by atomic mass is 10.1. The molecule has 0 unspecified atom stereocenters. The molecule has 0 spiro atoms. The third-order valence-corrected chi connectivity index (χ3v) is 7.17. The molecule has 3 aromatic rings. The molecular weight excluding hydrogens is 484 g/mol. The van der Waals surface area contributed by atoms with Gasteiger partial charge in [0.25, 0.3) is 0 Å². The Balaban J connectivity index is 1.27. The zero-order chi connectivity index (χ0) is 26.3. The molecule has 38 heavy (non-hydrogen) atoms. The van der Waals surface area contributed by atoms with Crippen molar-refractivity contribution in [1.29, 1.82) is 0 Å². The van der Waals surface area contributed by atoms with Gasteiger partial charge >= 0.3 is 0 Å². The van der Waals surface area contributed by atoms with Crippen LogP contribution in [0.25, 0.3) is 11.2 Å². The summed E-state index contributed by atoms with van der Waals surface area (Å²) in [6, 6.07) is 8.04. The van der Waals surface area contributed by atoms with Gasteiger partial charge in [0.1, 0.15) is 5.75 Å². The van der Waals surface area contributed by atoms with E-state index in [2.05, 4.69) is 27.8 Å². The van der Waals surface area contributed by atoms with Gasteiger partial charge in [-0.1, -0.05) is 12.1 Å². The molecule has 2 N–H and O–H groups in total. The highest BCUT2D eigenvalue weighted by atomic mass is 16.5. The number of likely N-dealkylation sites (tertiary alicyclic amines) is 2. The van der Waals surface area contributed by atoms with Crippen LogP contribution in [-0.4, -0.2) is 87.5 Å². The second-order valence-electron chi connectivity index (χ2n) is 9.78. The van der Waals surface area contributed by atoms with E-state index in [4.69, 9.17) is 14.7 Å². The minimum absolute atomic E-state index is 0.212. The smallest absolute Gasteiger partial charge is 0.226 e. The van der Waals surface area contributed by atoms with Gasteiger partial charge in [0, 0.05) is 58.7 Å². The summed E-state index contributed by atoms with van der Waals surface area (Å²) in [6.07, 6.45) is 6.58. The topological polar surface area (TPSA) is 118 Å². The molecule has 0 radical (unpaired) electrons. The minimum atomic E-state index is 0.212. The summed E-state index contributed by atoms with van der Waals surface area (Å²) in [5.41, 5.74) is 2.63. The van der Waals surface area contributed by atoms with E-state index in [0.29, 0.717) is 56.3 Å². The first-order valence-corrected chi connectivity index (χ1v) is 13.5. The average molecular weight is 521 g/mol. The van der Waals surface area contributed by atoms with Gasteiger partial charge in [0.2, 0.25) is 17.8 Å². The summed E-state index contributed by atoms with van der Waals surface area (Å²) < 4.78 is 7.24. The molecule has 0 bridgehead atoms. The molecule has 202 valence electrons. The second-order valence-corrected chi connectivity index (χ2v) is 9.78. The number of anilines is 2. The van der Waals surface area contributed by atoms with Crippen molar-refractivity contribution < 1.29 is 14.3 Å². The van der Waals surface area contributed by atoms with Gasteiger partial charge in [0.15, 0.2) is 17.0 Å². The van der Waals surface area contributed by atoms with Crippen molar-refractivity contribution in [1.82, 2.24) is 29.3 Å². The van der Waals surface area contributed by atoms with E-state index in [1.54, 1.807) is 13.4 Å². The third-order valence-electron chi connectivity index (χ3n) is 7.17. The fourth-order valence-corrected chi connectivity index (χ4v) is 5.01. The van der Waals surface area contributed by atoms with Crippen LogP contribution < -0.4 is 15.4 Å². The first-order valence-electron chi connectivity index (χ1n) is 13.5. The Kier molecular flexibility index (Phi) is 8.20. The monoisotopic (exact) mass is 520 g/mol. The van der Waals surface area contributed by atoms with E-state index in [9.17, 15) is 9.59 Å². The molecule has 4 heterocycles. The van der Waals surface area contributed by atoms with Gasteiger partial charge in [-0.05, 0) is 43.4 Å². The average Bonchev–Trinajstić information content (AvgIpc) is 3.65.